The van der Waals surface area contributed by atoms with E-state index in [1.807, 2.05) is 0 Å². The molecule has 0 saturated heterocycles. The Morgan fingerprint density at radius 2 is 1.30 bits per heavy atom. The number of anilines is 6. The molecule has 0 amide bonds. The molecule has 4 aliphatic heterocycles. The van der Waals surface area contributed by atoms with E-state index in [4.69, 9.17) is 14.5 Å². The fourth-order valence-electron chi connectivity index (χ4n) is 16.9. The standard InChI is InChI=1S/C78H74B2N6O2/c1-53-27-23-25-43-68(53)84(58-36-17-6-18-37-58)63-49-71-75-74(51-63)88-77-66(79(75)64-42-24-26-44-69(64)85(71)59-38-19-7-20-39-59)52-67-78(81-77)87-73-50-62(83(56-32-13-4-14-33-56)57-34-15-5-16-35-57)48-72-76(73)80(67)65-46-45-61(47-70(65)86(72)60-40-21-8-22-41-60)82(54-28-9-2-10-29-54)55-30-11-3-12-31-55/h2,4-9,13-23,25-26,28,32,34,36,38-41,43-53,55-58,73,76H,3,10-12,24,27,29-31,33,35,37,42H2,1H3. The molecule has 434 valence electrons. The van der Waals surface area contributed by atoms with E-state index < -0.39 is 0 Å². The van der Waals surface area contributed by atoms with Gasteiger partial charge in [-0.2, -0.15) is 4.98 Å². The van der Waals surface area contributed by atoms with Crippen LogP contribution in [0.1, 0.15) is 90.4 Å². The highest BCUT2D eigenvalue weighted by Gasteiger charge is 2.54. The summed E-state index contributed by atoms with van der Waals surface area (Å²) < 4.78 is 15.3. The van der Waals surface area contributed by atoms with Gasteiger partial charge in [0.2, 0.25) is 18.5 Å². The number of fused-ring (bicyclic) bond motifs is 7. The highest BCUT2D eigenvalue weighted by Crippen LogP contribution is 2.52. The minimum absolute atomic E-state index is 0.0658. The van der Waals surface area contributed by atoms with Crippen molar-refractivity contribution >= 4 is 69.4 Å². The van der Waals surface area contributed by atoms with E-state index in [1.165, 1.54) is 88.4 Å². The zero-order valence-electron chi connectivity index (χ0n) is 50.3. The Labute approximate surface area is 520 Å². The lowest BCUT2D eigenvalue weighted by Crippen LogP contribution is -2.63. The van der Waals surface area contributed by atoms with Crippen LogP contribution in [0.4, 0.5) is 34.1 Å². The number of rotatable bonds is 11. The van der Waals surface area contributed by atoms with Gasteiger partial charge in [0.25, 0.3) is 6.71 Å². The Kier molecular flexibility index (Phi) is 13.6. The lowest BCUT2D eigenvalue weighted by Gasteiger charge is -2.50. The van der Waals surface area contributed by atoms with Gasteiger partial charge in [-0.25, -0.2) is 0 Å². The van der Waals surface area contributed by atoms with Gasteiger partial charge in [0.15, 0.2) is 0 Å². The smallest absolute Gasteiger partial charge is 0.254 e. The number of hydrogen-bond donors (Lipinski definition) is 0. The molecule has 1 fully saturated rings. The number of aromatic nitrogens is 1. The van der Waals surface area contributed by atoms with Crippen LogP contribution in [0.25, 0.3) is 0 Å². The molecule has 6 unspecified atom stereocenters. The van der Waals surface area contributed by atoms with Crippen LogP contribution in [0, 0.1) is 5.92 Å². The van der Waals surface area contributed by atoms with Crippen LogP contribution in [0.3, 0.4) is 0 Å². The van der Waals surface area contributed by atoms with Crippen LogP contribution >= 0.6 is 0 Å². The quantitative estimate of drug-likeness (QED) is 0.121. The molecule has 8 nitrogen and oxygen atoms in total. The fourth-order valence-corrected chi connectivity index (χ4v) is 16.9. The van der Waals surface area contributed by atoms with Crippen LogP contribution < -0.4 is 50.9 Å². The van der Waals surface area contributed by atoms with Crippen LogP contribution in [0.2, 0.25) is 5.82 Å². The molecule has 88 heavy (non-hydrogen) atoms. The van der Waals surface area contributed by atoms with Crippen molar-refractivity contribution in [2.45, 2.75) is 126 Å². The highest BCUT2D eigenvalue weighted by atomic mass is 16.5. The number of pyridine rings is 1. The molecule has 0 bridgehead atoms. The van der Waals surface area contributed by atoms with Gasteiger partial charge in [0, 0.05) is 80.5 Å². The van der Waals surface area contributed by atoms with E-state index >= 15 is 0 Å². The summed E-state index contributed by atoms with van der Waals surface area (Å²) >= 11 is 0. The number of ether oxygens (including phenoxy) is 2. The van der Waals surface area contributed by atoms with E-state index in [2.05, 4.69) is 262 Å². The molecule has 12 aliphatic rings. The zero-order valence-corrected chi connectivity index (χ0v) is 50.3. The normalized spacial score (nSPS) is 24.8. The van der Waals surface area contributed by atoms with Crippen molar-refractivity contribution in [2.24, 2.45) is 5.92 Å². The van der Waals surface area contributed by atoms with Crippen LogP contribution in [-0.2, 0) is 0 Å². The molecule has 5 aromatic rings. The molecule has 5 heterocycles. The molecule has 4 aromatic carbocycles. The van der Waals surface area contributed by atoms with Crippen LogP contribution in [-0.4, -0.2) is 53.6 Å². The van der Waals surface area contributed by atoms with Crippen molar-refractivity contribution in [1.29, 1.82) is 0 Å². The Balaban J connectivity index is 0.889. The Morgan fingerprint density at radius 3 is 2.01 bits per heavy atom. The summed E-state index contributed by atoms with van der Waals surface area (Å²) in [6.07, 6.45) is 64.7. The second-order valence-corrected chi connectivity index (χ2v) is 25.9. The summed E-state index contributed by atoms with van der Waals surface area (Å²) in [4.78, 5) is 19.0. The molecule has 17 rings (SSSR count). The second-order valence-electron chi connectivity index (χ2n) is 25.9. The van der Waals surface area contributed by atoms with Gasteiger partial charge in [-0.05, 0) is 165 Å². The lowest BCUT2D eigenvalue weighted by atomic mass is 9.28. The van der Waals surface area contributed by atoms with Gasteiger partial charge < -0.3 is 34.0 Å². The SMILES string of the molecule is CC1CC=CC=C1N(c1cc2c3c(c1)N(c1ccccc1)C1=C(CCC=C1)B3c1cc3c(nc1O2)OC1C=C(N(C2C=CC=CC2)C2C=CC=CC2)C=C2C1B3c1ccc(N(C3=CC=CCC3)C3CCCCC3)cc1N2c1ccccc1)C1C=CC=CC1. The first-order valence-corrected chi connectivity index (χ1v) is 32.9. The summed E-state index contributed by atoms with van der Waals surface area (Å²) in [5.41, 5.74) is 19.6. The van der Waals surface area contributed by atoms with E-state index in [0.29, 0.717) is 23.7 Å². The fraction of sp³-hybridized carbons (Fsp3) is 0.269. The van der Waals surface area contributed by atoms with Crippen molar-refractivity contribution in [1.82, 2.24) is 9.88 Å². The summed E-state index contributed by atoms with van der Waals surface area (Å²) in [5.74, 6) is 2.43. The average Bonchev–Trinajstić information content (AvgIpc) is 0.755. The van der Waals surface area contributed by atoms with E-state index in [9.17, 15) is 0 Å². The molecule has 6 atom stereocenters. The molecular weight excluding hydrogens is 1070 g/mol. The van der Waals surface area contributed by atoms with Gasteiger partial charge in [-0.1, -0.05) is 183 Å². The van der Waals surface area contributed by atoms with E-state index in [-0.39, 0.29) is 43.5 Å². The summed E-state index contributed by atoms with van der Waals surface area (Å²) in [6, 6.07) is 38.0. The highest BCUT2D eigenvalue weighted by molar-refractivity contribution is 6.95. The maximum atomic E-state index is 7.71. The predicted molar refractivity (Wildman–Crippen MR) is 365 cm³/mol. The average molecular weight is 1150 g/mol. The van der Waals surface area contributed by atoms with E-state index in [0.717, 1.165) is 90.8 Å². The third-order valence-corrected chi connectivity index (χ3v) is 20.8. The molecule has 10 heteroatoms. The van der Waals surface area contributed by atoms with Crippen molar-refractivity contribution in [2.75, 3.05) is 19.6 Å². The number of benzene rings is 4. The first kappa shape index (κ1) is 53.4. The zero-order chi connectivity index (χ0) is 58.2. The topological polar surface area (TPSA) is 47.6 Å². The predicted octanol–water partition coefficient (Wildman–Crippen LogP) is 15.4. The lowest BCUT2D eigenvalue weighted by molar-refractivity contribution is 0.211. The number of allylic oxidation sites excluding steroid dienone is 18. The van der Waals surface area contributed by atoms with Gasteiger partial charge in [0.05, 0.1) is 18.1 Å². The molecule has 1 saturated carbocycles. The number of hydrogen-bond acceptors (Lipinski definition) is 8. The number of nitrogens with zero attached hydrogens (tertiary/aromatic N) is 6. The van der Waals surface area contributed by atoms with Crippen molar-refractivity contribution < 1.29 is 9.47 Å². The Hall–Kier alpha value is -8.88. The molecule has 0 radical (unpaired) electrons. The third kappa shape index (κ3) is 9.06. The van der Waals surface area contributed by atoms with Crippen LogP contribution in [0.15, 0.2) is 265 Å². The minimum atomic E-state index is -0.337. The van der Waals surface area contributed by atoms with Gasteiger partial charge in [-0.15, -0.1) is 0 Å². The maximum Gasteiger partial charge on any atom is 0.254 e. The molecule has 0 N–H and O–H groups in total. The summed E-state index contributed by atoms with van der Waals surface area (Å²) in [7, 11) is 0. The van der Waals surface area contributed by atoms with Gasteiger partial charge >= 0.3 is 0 Å². The Morgan fingerprint density at radius 1 is 0.591 bits per heavy atom. The first-order chi connectivity index (χ1) is 43.6. The number of para-hydroxylation sites is 2. The Bertz CT molecular complexity index is 4060. The largest absolute Gasteiger partial charge is 0.470 e. The minimum Gasteiger partial charge on any atom is -0.470 e. The van der Waals surface area contributed by atoms with Gasteiger partial charge in [-0.3, -0.25) is 0 Å². The first-order valence-electron chi connectivity index (χ1n) is 32.9. The van der Waals surface area contributed by atoms with Gasteiger partial charge in [0.1, 0.15) is 11.9 Å². The molecule has 8 aliphatic carbocycles. The van der Waals surface area contributed by atoms with Crippen LogP contribution in [0.5, 0.6) is 17.5 Å². The second kappa shape index (κ2) is 22.4. The van der Waals surface area contributed by atoms with Crippen molar-refractivity contribution in [3.63, 3.8) is 0 Å². The molecule has 1 aromatic heterocycles. The summed E-state index contributed by atoms with van der Waals surface area (Å²) in [6.45, 7) is 2.19. The molecule has 0 spiro atoms. The van der Waals surface area contributed by atoms with Crippen molar-refractivity contribution in [3.05, 3.63) is 265 Å². The van der Waals surface area contributed by atoms with E-state index in [1.54, 1.807) is 0 Å². The monoisotopic (exact) mass is 1150 g/mol. The third-order valence-electron chi connectivity index (χ3n) is 20.8. The summed E-state index contributed by atoms with van der Waals surface area (Å²) in [5, 5.41) is 0. The maximum absolute atomic E-state index is 7.71. The van der Waals surface area contributed by atoms with Crippen molar-refractivity contribution in [3.8, 4) is 17.5 Å². The molecular formula is C78H74B2N6O2.